The van der Waals surface area contributed by atoms with Crippen molar-refractivity contribution < 1.29 is 4.74 Å². The number of unbranched alkanes of at least 4 members (excludes halogenated alkanes) is 1. The molecular weight excluding hydrogens is 328 g/mol. The molecule has 132 valence electrons. The van der Waals surface area contributed by atoms with Crippen molar-refractivity contribution >= 4 is 43.1 Å². The highest BCUT2D eigenvalue weighted by molar-refractivity contribution is 6.08. The molecule has 0 N–H and O–H groups in total. The largest absolute Gasteiger partial charge is 0.493 e. The second-order valence-corrected chi connectivity index (χ2v) is 7.28. The summed E-state index contributed by atoms with van der Waals surface area (Å²) in [7, 11) is 0. The molecule has 0 saturated heterocycles. The van der Waals surface area contributed by atoms with E-state index in [0.717, 1.165) is 25.2 Å². The predicted octanol–water partition coefficient (Wildman–Crippen LogP) is 7.48. The topological polar surface area (TPSA) is 9.23 Å². The van der Waals surface area contributed by atoms with Gasteiger partial charge >= 0.3 is 0 Å². The predicted molar refractivity (Wildman–Crippen MR) is 117 cm³/mol. The lowest BCUT2D eigenvalue weighted by atomic mass is 9.97. The third kappa shape index (κ3) is 2.90. The van der Waals surface area contributed by atoms with Crippen LogP contribution in [0, 0.1) is 0 Å². The van der Waals surface area contributed by atoms with E-state index in [1.807, 2.05) is 0 Å². The number of fused-ring (bicyclic) bond motifs is 4. The number of hydrogen-bond acceptors (Lipinski definition) is 1. The molecule has 5 rings (SSSR count). The summed E-state index contributed by atoms with van der Waals surface area (Å²) in [5.74, 6) is 0.987. The zero-order valence-corrected chi connectivity index (χ0v) is 15.5. The summed E-state index contributed by atoms with van der Waals surface area (Å²) in [5, 5.41) is 10.1. The first-order valence-corrected chi connectivity index (χ1v) is 9.74. The van der Waals surface area contributed by atoms with Gasteiger partial charge in [-0.25, -0.2) is 0 Å². The van der Waals surface area contributed by atoms with Crippen LogP contribution in [0.25, 0.3) is 43.1 Å². The van der Waals surface area contributed by atoms with Gasteiger partial charge in [-0.1, -0.05) is 49.7 Å². The summed E-state index contributed by atoms with van der Waals surface area (Å²) in [6, 6.07) is 28.7. The summed E-state index contributed by atoms with van der Waals surface area (Å²) in [4.78, 5) is 0. The maximum Gasteiger partial charge on any atom is 0.127 e. The van der Waals surface area contributed by atoms with Crippen LogP contribution >= 0.6 is 0 Å². The van der Waals surface area contributed by atoms with Gasteiger partial charge in [-0.3, -0.25) is 0 Å². The molecule has 5 aromatic rings. The maximum atomic E-state index is 6.05. The highest BCUT2D eigenvalue weighted by atomic mass is 16.5. The highest BCUT2D eigenvalue weighted by Gasteiger charge is 2.06. The van der Waals surface area contributed by atoms with Gasteiger partial charge in [0.15, 0.2) is 0 Å². The molecule has 27 heavy (non-hydrogen) atoms. The van der Waals surface area contributed by atoms with Crippen LogP contribution in [0.5, 0.6) is 5.75 Å². The van der Waals surface area contributed by atoms with Crippen molar-refractivity contribution in [3.05, 3.63) is 78.9 Å². The average Bonchev–Trinajstić information content (AvgIpc) is 2.69. The van der Waals surface area contributed by atoms with E-state index in [1.54, 1.807) is 0 Å². The number of hydrogen-bond donors (Lipinski definition) is 0. The van der Waals surface area contributed by atoms with Crippen LogP contribution < -0.4 is 4.74 Å². The number of benzene rings is 5. The van der Waals surface area contributed by atoms with Gasteiger partial charge in [0.05, 0.1) is 6.61 Å². The van der Waals surface area contributed by atoms with Gasteiger partial charge in [-0.15, -0.1) is 0 Å². The molecule has 0 spiro atoms. The molecule has 1 heteroatoms. The minimum Gasteiger partial charge on any atom is -0.493 e. The summed E-state index contributed by atoms with van der Waals surface area (Å²) < 4.78 is 6.05. The van der Waals surface area contributed by atoms with Crippen LogP contribution in [0.1, 0.15) is 19.8 Å². The molecule has 0 saturated carbocycles. The average molecular weight is 350 g/mol. The van der Waals surface area contributed by atoms with Gasteiger partial charge in [0.1, 0.15) is 5.75 Å². The quantitative estimate of drug-likeness (QED) is 0.241. The van der Waals surface area contributed by atoms with Crippen molar-refractivity contribution in [2.75, 3.05) is 6.61 Å². The first kappa shape index (κ1) is 16.1. The molecule has 0 bridgehead atoms. The summed E-state index contributed by atoms with van der Waals surface area (Å²) >= 11 is 0. The first-order chi connectivity index (χ1) is 13.3. The summed E-state index contributed by atoms with van der Waals surface area (Å²) in [6.45, 7) is 2.96. The molecule has 5 aromatic carbocycles. The second kappa shape index (κ2) is 6.59. The Morgan fingerprint density at radius 2 is 1.15 bits per heavy atom. The fraction of sp³-hybridized carbons (Fsp3) is 0.154. The van der Waals surface area contributed by atoms with E-state index in [1.165, 1.54) is 43.1 Å². The Labute approximate surface area is 159 Å². The molecule has 0 unspecified atom stereocenters. The monoisotopic (exact) mass is 350 g/mol. The SMILES string of the molecule is CCCCOc1cccc2cc3cc4cc5ccccc5cc4cc3cc12. The van der Waals surface area contributed by atoms with E-state index in [0.29, 0.717) is 0 Å². The van der Waals surface area contributed by atoms with E-state index < -0.39 is 0 Å². The van der Waals surface area contributed by atoms with Gasteiger partial charge in [0.2, 0.25) is 0 Å². The van der Waals surface area contributed by atoms with Crippen molar-refractivity contribution in [1.29, 1.82) is 0 Å². The number of rotatable bonds is 4. The fourth-order valence-electron chi connectivity index (χ4n) is 3.89. The second-order valence-electron chi connectivity index (χ2n) is 7.28. The van der Waals surface area contributed by atoms with Gasteiger partial charge in [-0.05, 0) is 86.6 Å². The van der Waals surface area contributed by atoms with Crippen molar-refractivity contribution in [3.63, 3.8) is 0 Å². The Bertz CT molecular complexity index is 1280. The summed E-state index contributed by atoms with van der Waals surface area (Å²) in [6.07, 6.45) is 2.23. The van der Waals surface area contributed by atoms with Gasteiger partial charge in [-0.2, -0.15) is 0 Å². The van der Waals surface area contributed by atoms with E-state index in [2.05, 4.69) is 85.8 Å². The molecule has 0 fully saturated rings. The lowest BCUT2D eigenvalue weighted by Gasteiger charge is -2.11. The molecule has 0 radical (unpaired) electrons. The molecule has 0 amide bonds. The maximum absolute atomic E-state index is 6.05. The highest BCUT2D eigenvalue weighted by Crippen LogP contribution is 2.33. The lowest BCUT2D eigenvalue weighted by molar-refractivity contribution is 0.313. The third-order valence-electron chi connectivity index (χ3n) is 5.37. The molecular formula is C26H22O. The van der Waals surface area contributed by atoms with E-state index >= 15 is 0 Å². The smallest absolute Gasteiger partial charge is 0.127 e. The van der Waals surface area contributed by atoms with E-state index in [4.69, 9.17) is 4.74 Å². The van der Waals surface area contributed by atoms with Crippen LogP contribution in [0.4, 0.5) is 0 Å². The molecule has 0 aliphatic rings. The third-order valence-corrected chi connectivity index (χ3v) is 5.37. The van der Waals surface area contributed by atoms with E-state index in [-0.39, 0.29) is 0 Å². The Morgan fingerprint density at radius 3 is 1.81 bits per heavy atom. The lowest BCUT2D eigenvalue weighted by Crippen LogP contribution is -1.96. The van der Waals surface area contributed by atoms with Crippen LogP contribution in [-0.2, 0) is 0 Å². The van der Waals surface area contributed by atoms with Crippen LogP contribution in [0.2, 0.25) is 0 Å². The Balaban J connectivity index is 1.72. The fourth-order valence-corrected chi connectivity index (χ4v) is 3.89. The molecule has 0 aliphatic carbocycles. The van der Waals surface area contributed by atoms with Gasteiger partial charge in [0.25, 0.3) is 0 Å². The van der Waals surface area contributed by atoms with Crippen LogP contribution in [-0.4, -0.2) is 6.61 Å². The molecule has 0 aliphatic heterocycles. The molecule has 1 nitrogen and oxygen atoms in total. The standard InChI is InChI=1S/C26H22O/c1-2-3-11-27-26-10-6-9-20-14-23-15-21-12-18-7-4-5-8-19(18)13-22(21)16-24(23)17-25(20)26/h4-10,12-17H,2-3,11H2,1H3. The minimum atomic E-state index is 0.775. The Kier molecular flexibility index (Phi) is 3.94. The normalized spacial score (nSPS) is 11.6. The number of ether oxygens (including phenoxy) is 1. The molecule has 0 aromatic heterocycles. The Hall–Kier alpha value is -3.06. The van der Waals surface area contributed by atoms with Crippen molar-refractivity contribution in [2.24, 2.45) is 0 Å². The first-order valence-electron chi connectivity index (χ1n) is 9.74. The van der Waals surface area contributed by atoms with Gasteiger partial charge in [0, 0.05) is 5.39 Å². The van der Waals surface area contributed by atoms with Crippen LogP contribution in [0.3, 0.4) is 0 Å². The summed E-state index contributed by atoms with van der Waals surface area (Å²) in [5.41, 5.74) is 0. The zero-order chi connectivity index (χ0) is 18.2. The zero-order valence-electron chi connectivity index (χ0n) is 15.5. The van der Waals surface area contributed by atoms with Crippen molar-refractivity contribution in [2.45, 2.75) is 19.8 Å². The molecule has 0 heterocycles. The van der Waals surface area contributed by atoms with Crippen molar-refractivity contribution in [3.8, 4) is 5.75 Å². The van der Waals surface area contributed by atoms with Crippen LogP contribution in [0.15, 0.2) is 78.9 Å². The minimum absolute atomic E-state index is 0.775. The Morgan fingerprint density at radius 1 is 0.593 bits per heavy atom. The van der Waals surface area contributed by atoms with Crippen molar-refractivity contribution in [1.82, 2.24) is 0 Å². The van der Waals surface area contributed by atoms with E-state index in [9.17, 15) is 0 Å². The molecule has 0 atom stereocenters. The van der Waals surface area contributed by atoms with Gasteiger partial charge < -0.3 is 4.74 Å².